The summed E-state index contributed by atoms with van der Waals surface area (Å²) in [4.78, 5) is 16.2. The molecule has 2 rings (SSSR count). The Balaban J connectivity index is 2.34. The minimum absolute atomic E-state index is 0.0408. The molecule has 0 bridgehead atoms. The van der Waals surface area contributed by atoms with Crippen LogP contribution in [-0.4, -0.2) is 46.2 Å². The third kappa shape index (κ3) is 5.83. The van der Waals surface area contributed by atoms with Crippen LogP contribution in [0.25, 0.3) is 0 Å². The SMILES string of the molecule is CN(C)c1ccc(C(c2ccc(N(C)C)cc2)C(C=O)CCCCCO)cc1. The molecule has 0 amide bonds. The lowest BCUT2D eigenvalue weighted by atomic mass is 9.79. The van der Waals surface area contributed by atoms with Gasteiger partial charge in [0.1, 0.15) is 6.29 Å². The number of rotatable bonds is 11. The number of nitrogens with zero attached hydrogens (tertiary/aromatic N) is 2. The van der Waals surface area contributed by atoms with Crippen LogP contribution < -0.4 is 9.80 Å². The number of hydrogen-bond donors (Lipinski definition) is 1. The molecule has 1 atom stereocenters. The highest BCUT2D eigenvalue weighted by Crippen LogP contribution is 2.35. The molecule has 0 aliphatic heterocycles. The van der Waals surface area contributed by atoms with Crippen molar-refractivity contribution in [2.45, 2.75) is 31.6 Å². The Hall–Kier alpha value is -2.33. The first-order chi connectivity index (χ1) is 13.5. The number of aldehydes is 1. The summed E-state index contributed by atoms with van der Waals surface area (Å²) in [7, 11) is 8.12. The molecule has 4 nitrogen and oxygen atoms in total. The van der Waals surface area contributed by atoms with Gasteiger partial charge in [0, 0.05) is 58.0 Å². The third-order valence-electron chi connectivity index (χ3n) is 5.34. The Labute approximate surface area is 169 Å². The van der Waals surface area contributed by atoms with Crippen molar-refractivity contribution >= 4 is 17.7 Å². The maximum atomic E-state index is 12.0. The van der Waals surface area contributed by atoms with Crippen LogP contribution in [0.5, 0.6) is 0 Å². The molecule has 152 valence electrons. The number of aliphatic hydroxyl groups is 1. The van der Waals surface area contributed by atoms with Gasteiger partial charge in [-0.1, -0.05) is 37.1 Å². The summed E-state index contributed by atoms with van der Waals surface area (Å²) in [6.45, 7) is 0.215. The normalized spacial score (nSPS) is 12.1. The van der Waals surface area contributed by atoms with Crippen molar-refractivity contribution in [3.05, 3.63) is 59.7 Å². The first-order valence-corrected chi connectivity index (χ1v) is 10.1. The topological polar surface area (TPSA) is 43.8 Å². The number of hydrogen-bond acceptors (Lipinski definition) is 4. The van der Waals surface area contributed by atoms with Gasteiger partial charge < -0.3 is 19.7 Å². The summed E-state index contributed by atoms with van der Waals surface area (Å²) >= 11 is 0. The van der Waals surface area contributed by atoms with Gasteiger partial charge in [0.2, 0.25) is 0 Å². The molecular formula is C24H34N2O2. The second-order valence-corrected chi connectivity index (χ2v) is 7.82. The molecular weight excluding hydrogens is 348 g/mol. The fourth-order valence-electron chi connectivity index (χ4n) is 3.63. The lowest BCUT2D eigenvalue weighted by Gasteiger charge is -2.26. The quantitative estimate of drug-likeness (QED) is 0.464. The molecule has 0 saturated carbocycles. The molecule has 0 aromatic heterocycles. The van der Waals surface area contributed by atoms with Crippen LogP contribution in [0.3, 0.4) is 0 Å². The number of unbranched alkanes of at least 4 members (excludes halogenated alkanes) is 2. The van der Waals surface area contributed by atoms with Gasteiger partial charge in [0.25, 0.3) is 0 Å². The van der Waals surface area contributed by atoms with Crippen LogP contribution in [0.15, 0.2) is 48.5 Å². The number of anilines is 2. The largest absolute Gasteiger partial charge is 0.396 e. The van der Waals surface area contributed by atoms with Crippen LogP contribution in [0.4, 0.5) is 11.4 Å². The number of carbonyl (C=O) groups is 1. The lowest BCUT2D eigenvalue weighted by molar-refractivity contribution is -0.111. The van der Waals surface area contributed by atoms with E-state index >= 15 is 0 Å². The van der Waals surface area contributed by atoms with Crippen molar-refractivity contribution in [1.29, 1.82) is 0 Å². The predicted molar refractivity (Wildman–Crippen MR) is 118 cm³/mol. The van der Waals surface area contributed by atoms with E-state index in [1.807, 2.05) is 28.2 Å². The van der Waals surface area contributed by atoms with Gasteiger partial charge in [-0.3, -0.25) is 0 Å². The summed E-state index contributed by atoms with van der Waals surface area (Å²) in [5.41, 5.74) is 4.64. The second-order valence-electron chi connectivity index (χ2n) is 7.82. The summed E-state index contributed by atoms with van der Waals surface area (Å²) in [5.74, 6) is -0.0341. The summed E-state index contributed by atoms with van der Waals surface area (Å²) in [6.07, 6.45) is 4.65. The highest BCUT2D eigenvalue weighted by molar-refractivity contribution is 5.60. The minimum Gasteiger partial charge on any atom is -0.396 e. The van der Waals surface area contributed by atoms with E-state index in [0.717, 1.165) is 43.3 Å². The predicted octanol–water partition coefficient (Wildman–Crippen LogP) is 4.32. The third-order valence-corrected chi connectivity index (χ3v) is 5.34. The number of benzene rings is 2. The Morgan fingerprint density at radius 1 is 0.786 bits per heavy atom. The summed E-state index contributed by atoms with van der Waals surface area (Å²) in [6, 6.07) is 17.0. The molecule has 0 radical (unpaired) electrons. The Bertz CT molecular complexity index is 657. The van der Waals surface area contributed by atoms with Gasteiger partial charge in [-0.25, -0.2) is 0 Å². The maximum absolute atomic E-state index is 12.0. The zero-order chi connectivity index (χ0) is 20.5. The molecule has 2 aromatic rings. The molecule has 0 aliphatic carbocycles. The molecule has 0 fully saturated rings. The molecule has 4 heteroatoms. The van der Waals surface area contributed by atoms with Gasteiger partial charge in [-0.15, -0.1) is 0 Å². The van der Waals surface area contributed by atoms with E-state index in [-0.39, 0.29) is 18.4 Å². The first kappa shape index (κ1) is 22.0. The second kappa shape index (κ2) is 10.9. The first-order valence-electron chi connectivity index (χ1n) is 10.1. The van der Waals surface area contributed by atoms with Gasteiger partial charge in [-0.05, 0) is 48.2 Å². The van der Waals surface area contributed by atoms with Crippen molar-refractivity contribution < 1.29 is 9.90 Å². The monoisotopic (exact) mass is 382 g/mol. The van der Waals surface area contributed by atoms with E-state index in [9.17, 15) is 4.79 Å². The van der Waals surface area contributed by atoms with E-state index in [4.69, 9.17) is 5.11 Å². The van der Waals surface area contributed by atoms with Crippen molar-refractivity contribution in [3.63, 3.8) is 0 Å². The molecule has 2 aromatic carbocycles. The molecule has 0 aliphatic rings. The Kier molecular flexibility index (Phi) is 8.52. The average Bonchev–Trinajstić information content (AvgIpc) is 2.70. The maximum Gasteiger partial charge on any atom is 0.124 e. The van der Waals surface area contributed by atoms with Gasteiger partial charge >= 0.3 is 0 Å². The van der Waals surface area contributed by atoms with E-state index in [0.29, 0.717) is 0 Å². The fourth-order valence-corrected chi connectivity index (χ4v) is 3.63. The van der Waals surface area contributed by atoms with Crippen molar-refractivity contribution in [2.75, 3.05) is 44.6 Å². The minimum atomic E-state index is -0.0749. The van der Waals surface area contributed by atoms with Crippen LogP contribution in [-0.2, 0) is 4.79 Å². The molecule has 1 unspecified atom stereocenters. The van der Waals surface area contributed by atoms with E-state index in [1.54, 1.807) is 0 Å². The Morgan fingerprint density at radius 2 is 1.25 bits per heavy atom. The van der Waals surface area contributed by atoms with Crippen LogP contribution in [0.2, 0.25) is 0 Å². The fraction of sp³-hybridized carbons (Fsp3) is 0.458. The van der Waals surface area contributed by atoms with Crippen LogP contribution >= 0.6 is 0 Å². The van der Waals surface area contributed by atoms with E-state index < -0.39 is 0 Å². The van der Waals surface area contributed by atoms with Gasteiger partial charge in [0.05, 0.1) is 0 Å². The zero-order valence-corrected chi connectivity index (χ0v) is 17.6. The number of carbonyl (C=O) groups excluding carboxylic acids is 1. The lowest BCUT2D eigenvalue weighted by Crippen LogP contribution is -2.17. The summed E-state index contributed by atoms with van der Waals surface area (Å²) in [5, 5.41) is 9.02. The molecule has 0 saturated heterocycles. The summed E-state index contributed by atoms with van der Waals surface area (Å²) < 4.78 is 0. The Morgan fingerprint density at radius 3 is 1.61 bits per heavy atom. The van der Waals surface area contributed by atoms with Gasteiger partial charge in [-0.2, -0.15) is 0 Å². The molecule has 1 N–H and O–H groups in total. The van der Waals surface area contributed by atoms with Crippen LogP contribution in [0.1, 0.15) is 42.7 Å². The highest BCUT2D eigenvalue weighted by Gasteiger charge is 2.24. The average molecular weight is 383 g/mol. The van der Waals surface area contributed by atoms with E-state index in [2.05, 4.69) is 58.3 Å². The van der Waals surface area contributed by atoms with Crippen molar-refractivity contribution in [1.82, 2.24) is 0 Å². The number of aliphatic hydroxyl groups excluding tert-OH is 1. The van der Waals surface area contributed by atoms with E-state index in [1.165, 1.54) is 11.1 Å². The van der Waals surface area contributed by atoms with Crippen LogP contribution in [0, 0.1) is 5.92 Å². The molecule has 0 spiro atoms. The van der Waals surface area contributed by atoms with Gasteiger partial charge in [0.15, 0.2) is 0 Å². The van der Waals surface area contributed by atoms with Crippen molar-refractivity contribution in [2.24, 2.45) is 5.92 Å². The molecule has 0 heterocycles. The standard InChI is InChI=1S/C24H34N2O2/c1-25(2)22-13-9-19(10-14-22)24(21(18-28)8-6-5-7-17-27)20-11-15-23(16-12-20)26(3)4/h9-16,18,21,24,27H,5-8,17H2,1-4H3. The molecule has 28 heavy (non-hydrogen) atoms. The van der Waals surface area contributed by atoms with Crippen molar-refractivity contribution in [3.8, 4) is 0 Å². The smallest absolute Gasteiger partial charge is 0.124 e. The highest BCUT2D eigenvalue weighted by atomic mass is 16.2. The zero-order valence-electron chi connectivity index (χ0n) is 17.6.